The summed E-state index contributed by atoms with van der Waals surface area (Å²) in [5.41, 5.74) is -0.665. The molecule has 0 N–H and O–H groups in total. The molecule has 0 amide bonds. The third kappa shape index (κ3) is 5.81. The minimum Gasteiger partial charge on any atom is -0.381 e. The zero-order valence-electron chi connectivity index (χ0n) is 25.5. The van der Waals surface area contributed by atoms with Gasteiger partial charge in [-0.05, 0) is 61.1 Å². The number of hydrogen-bond acceptors (Lipinski definition) is 7. The molecule has 0 radical (unpaired) electrons. The molecule has 0 unspecified atom stereocenters. The van der Waals surface area contributed by atoms with Gasteiger partial charge in [0.15, 0.2) is 10.9 Å². The zero-order chi connectivity index (χ0) is 31.1. The zero-order valence-corrected chi connectivity index (χ0v) is 26.3. The van der Waals surface area contributed by atoms with Crippen LogP contribution in [0.1, 0.15) is 76.2 Å². The second-order valence-corrected chi connectivity index (χ2v) is 14.4. The molecule has 4 aromatic carbocycles. The molecule has 7 heteroatoms. The SMILES string of the molecule is O=C(CCc1ccc2c(=O)c3sc4c(=O)c5ccccc5c(=O)c4c3c(=O)c2c1)CCC1CCC(CCC2CCOCC2)CC1. The summed E-state index contributed by atoms with van der Waals surface area (Å²) in [6, 6.07) is 11.7. The second kappa shape index (κ2) is 12.7. The van der Waals surface area contributed by atoms with Crippen LogP contribution in [0.2, 0.25) is 0 Å². The Morgan fingerprint density at radius 1 is 0.622 bits per heavy atom. The molecule has 45 heavy (non-hydrogen) atoms. The summed E-state index contributed by atoms with van der Waals surface area (Å²) in [6.45, 7) is 1.85. The van der Waals surface area contributed by atoms with E-state index in [9.17, 15) is 24.0 Å². The standard InChI is InChI=1S/C38H38O6S/c39-26(14-11-23-7-5-22(6-8-23)9-10-24-17-19-44-20-18-24)15-12-25-13-16-29-30(21-25)34(41)32-31-33(40)27-3-1-2-4-28(27)35(42)37(31)45-38(32)36(29)43/h1-4,13,16,21-24H,5-12,14-15,17-20H2. The molecule has 1 saturated carbocycles. The molecule has 6 nitrogen and oxygen atoms in total. The molecule has 1 aromatic heterocycles. The van der Waals surface area contributed by atoms with E-state index in [0.29, 0.717) is 30.6 Å². The lowest BCUT2D eigenvalue weighted by molar-refractivity contribution is -0.119. The monoisotopic (exact) mass is 622 g/mol. The minimum atomic E-state index is -0.408. The Balaban J connectivity index is 1.02. The van der Waals surface area contributed by atoms with Crippen LogP contribution in [0.5, 0.6) is 0 Å². The van der Waals surface area contributed by atoms with Gasteiger partial charge < -0.3 is 4.74 Å². The van der Waals surface area contributed by atoms with Crippen LogP contribution >= 0.6 is 11.3 Å². The van der Waals surface area contributed by atoms with Crippen molar-refractivity contribution in [1.29, 1.82) is 0 Å². The van der Waals surface area contributed by atoms with Crippen LogP contribution in [-0.4, -0.2) is 19.0 Å². The average molecular weight is 623 g/mol. The molecule has 1 aliphatic carbocycles. The van der Waals surface area contributed by atoms with Gasteiger partial charge in [-0.15, -0.1) is 11.3 Å². The van der Waals surface area contributed by atoms with Gasteiger partial charge >= 0.3 is 0 Å². The van der Waals surface area contributed by atoms with Crippen molar-refractivity contribution < 1.29 is 9.53 Å². The summed E-state index contributed by atoms with van der Waals surface area (Å²) in [4.78, 5) is 66.8. The maximum Gasteiger partial charge on any atom is 0.204 e. The fourth-order valence-electron chi connectivity index (χ4n) is 7.80. The molecule has 0 atom stereocenters. The van der Waals surface area contributed by atoms with Crippen molar-refractivity contribution in [3.05, 3.63) is 88.9 Å². The van der Waals surface area contributed by atoms with Gasteiger partial charge in [0.2, 0.25) is 10.9 Å². The van der Waals surface area contributed by atoms with E-state index in [1.807, 2.05) is 6.07 Å². The van der Waals surface area contributed by atoms with Crippen LogP contribution in [0.3, 0.4) is 0 Å². The summed E-state index contributed by atoms with van der Waals surface area (Å²) in [5, 5.41) is 1.18. The number of ketones is 1. The van der Waals surface area contributed by atoms with Crippen LogP contribution in [0.15, 0.2) is 61.6 Å². The topological polar surface area (TPSA) is 94.6 Å². The smallest absolute Gasteiger partial charge is 0.204 e. The Kier molecular flexibility index (Phi) is 8.49. The molecule has 0 bridgehead atoms. The first-order valence-electron chi connectivity index (χ1n) is 16.6. The van der Waals surface area contributed by atoms with Gasteiger partial charge in [0.1, 0.15) is 5.78 Å². The molecule has 0 spiro atoms. The highest BCUT2D eigenvalue weighted by Gasteiger charge is 2.24. The average Bonchev–Trinajstić information content (AvgIpc) is 3.49. The minimum absolute atomic E-state index is 0.0480. The summed E-state index contributed by atoms with van der Waals surface area (Å²) in [6.07, 6.45) is 12.5. The van der Waals surface area contributed by atoms with E-state index in [2.05, 4.69) is 0 Å². The number of carbonyl (C=O) groups excluding carboxylic acids is 1. The van der Waals surface area contributed by atoms with E-state index >= 15 is 0 Å². The van der Waals surface area contributed by atoms with Crippen LogP contribution in [0.4, 0.5) is 0 Å². The van der Waals surface area contributed by atoms with Gasteiger partial charge in [-0.2, -0.15) is 0 Å². The molecule has 2 aliphatic rings. The highest BCUT2D eigenvalue weighted by molar-refractivity contribution is 7.25. The fourth-order valence-corrected chi connectivity index (χ4v) is 9.00. The van der Waals surface area contributed by atoms with Gasteiger partial charge in [-0.3, -0.25) is 24.0 Å². The molecule has 232 valence electrons. The third-order valence-electron chi connectivity index (χ3n) is 10.6. The Bertz CT molecular complexity index is 2120. The van der Waals surface area contributed by atoms with Crippen molar-refractivity contribution in [2.24, 2.45) is 17.8 Å². The fraction of sp³-hybridized carbons (Fsp3) is 0.447. The molecule has 5 aromatic rings. The summed E-state index contributed by atoms with van der Waals surface area (Å²) in [5.74, 6) is 2.54. The number of Topliss-reactive ketones (excluding diaryl/α,β-unsaturated/α-hetero) is 1. The number of thiophene rings is 1. The molecule has 2 heterocycles. The van der Waals surface area contributed by atoms with Crippen LogP contribution in [0, 0.1) is 17.8 Å². The van der Waals surface area contributed by atoms with Crippen molar-refractivity contribution in [2.75, 3.05) is 13.2 Å². The van der Waals surface area contributed by atoms with E-state index in [1.54, 1.807) is 36.4 Å². The van der Waals surface area contributed by atoms with Gasteiger partial charge in [-0.25, -0.2) is 0 Å². The van der Waals surface area contributed by atoms with Crippen LogP contribution < -0.4 is 21.7 Å². The predicted octanol–water partition coefficient (Wildman–Crippen LogP) is 6.97. The van der Waals surface area contributed by atoms with E-state index in [0.717, 1.165) is 48.4 Å². The van der Waals surface area contributed by atoms with Crippen molar-refractivity contribution in [2.45, 2.75) is 77.0 Å². The van der Waals surface area contributed by atoms with Crippen molar-refractivity contribution in [3.63, 3.8) is 0 Å². The van der Waals surface area contributed by atoms with E-state index in [-0.39, 0.29) is 53.0 Å². The highest BCUT2D eigenvalue weighted by Crippen LogP contribution is 2.36. The first kappa shape index (κ1) is 30.1. The van der Waals surface area contributed by atoms with Crippen molar-refractivity contribution >= 4 is 58.8 Å². The summed E-state index contributed by atoms with van der Waals surface area (Å²) >= 11 is 0.943. The predicted molar refractivity (Wildman–Crippen MR) is 183 cm³/mol. The number of ether oxygens (including phenoxy) is 1. The third-order valence-corrected chi connectivity index (χ3v) is 11.8. The number of rotatable bonds is 9. The number of fused-ring (bicyclic) bond motifs is 5. The van der Waals surface area contributed by atoms with E-state index in [4.69, 9.17) is 4.74 Å². The van der Waals surface area contributed by atoms with Gasteiger partial charge in [0.05, 0.1) is 20.2 Å². The second-order valence-electron chi connectivity index (χ2n) is 13.3. The summed E-state index contributed by atoms with van der Waals surface area (Å²) < 4.78 is 5.81. The van der Waals surface area contributed by atoms with Gasteiger partial charge in [-0.1, -0.05) is 68.9 Å². The molecule has 1 saturated heterocycles. The van der Waals surface area contributed by atoms with Crippen molar-refractivity contribution in [1.82, 2.24) is 0 Å². The first-order chi connectivity index (χ1) is 21.9. The van der Waals surface area contributed by atoms with E-state index in [1.165, 1.54) is 51.4 Å². The summed E-state index contributed by atoms with van der Waals surface area (Å²) in [7, 11) is 0. The highest BCUT2D eigenvalue weighted by atomic mass is 32.1. The lowest BCUT2D eigenvalue weighted by atomic mass is 9.77. The van der Waals surface area contributed by atoms with Crippen molar-refractivity contribution in [3.8, 4) is 0 Å². The lowest BCUT2D eigenvalue weighted by Gasteiger charge is -2.30. The lowest BCUT2D eigenvalue weighted by Crippen LogP contribution is -2.19. The van der Waals surface area contributed by atoms with Crippen LogP contribution in [0.25, 0.3) is 41.7 Å². The van der Waals surface area contributed by atoms with Gasteiger partial charge in [0.25, 0.3) is 0 Å². The Morgan fingerprint density at radius 3 is 1.80 bits per heavy atom. The number of hydrogen-bond donors (Lipinski definition) is 0. The molecule has 2 fully saturated rings. The maximum atomic E-state index is 13.8. The Labute approximate surface area is 264 Å². The van der Waals surface area contributed by atoms with Crippen LogP contribution in [-0.2, 0) is 16.0 Å². The molecule has 7 rings (SSSR count). The quantitative estimate of drug-likeness (QED) is 0.176. The maximum absolute atomic E-state index is 13.8. The largest absolute Gasteiger partial charge is 0.381 e. The molecular formula is C38H38O6S. The molecule has 1 aliphatic heterocycles. The molecular weight excluding hydrogens is 584 g/mol. The first-order valence-corrected chi connectivity index (χ1v) is 17.4. The number of aryl methyl sites for hydroxylation is 1. The number of benzene rings is 4. The number of carbonyl (C=O) groups is 1. The van der Waals surface area contributed by atoms with E-state index < -0.39 is 10.9 Å². The normalized spacial score (nSPS) is 19.6. The Morgan fingerprint density at radius 2 is 1.16 bits per heavy atom. The van der Waals surface area contributed by atoms with Gasteiger partial charge in [0, 0.05) is 47.6 Å². The Hall–Kier alpha value is -3.55.